The summed E-state index contributed by atoms with van der Waals surface area (Å²) < 4.78 is 0. The van der Waals surface area contributed by atoms with Gasteiger partial charge in [0.05, 0.1) is 6.61 Å². The lowest BCUT2D eigenvalue weighted by atomic mass is 10.0. The van der Waals surface area contributed by atoms with Gasteiger partial charge in [-0.15, -0.1) is 0 Å². The van der Waals surface area contributed by atoms with Crippen molar-refractivity contribution in [2.75, 3.05) is 6.61 Å². The first kappa shape index (κ1) is 15.2. The minimum Gasteiger partial charge on any atom is -0.480 e. The Bertz CT molecular complexity index is 305. The quantitative estimate of drug-likeness (QED) is 0.378. The number of carbonyl (C=O) groups excluding carboxylic acids is 2. The maximum absolute atomic E-state index is 11.3. The number of urea groups is 1. The number of hydrogen-bond donors (Lipinski definition) is 5. The largest absolute Gasteiger partial charge is 0.480 e. The fraction of sp³-hybridized carbons (Fsp3) is 0.667. The first-order chi connectivity index (χ1) is 7.79. The molecule has 0 aliphatic rings. The molecule has 6 N–H and O–H groups in total. The molecule has 0 bridgehead atoms. The number of aliphatic carboxylic acids is 1. The van der Waals surface area contributed by atoms with E-state index >= 15 is 0 Å². The summed E-state index contributed by atoms with van der Waals surface area (Å²) in [4.78, 5) is 32.8. The lowest BCUT2D eigenvalue weighted by Gasteiger charge is -2.20. The highest BCUT2D eigenvalue weighted by atomic mass is 16.4. The molecule has 0 radical (unpaired) electrons. The van der Waals surface area contributed by atoms with E-state index in [9.17, 15) is 14.4 Å². The molecule has 2 unspecified atom stereocenters. The fourth-order valence-electron chi connectivity index (χ4n) is 1.09. The molecule has 0 aromatic carbocycles. The number of aliphatic hydroxyl groups excluding tert-OH is 1. The molecule has 8 heteroatoms. The molecule has 3 amide bonds. The summed E-state index contributed by atoms with van der Waals surface area (Å²) in [6.45, 7) is 2.61. The Kier molecular flexibility index (Phi) is 5.97. The monoisotopic (exact) mass is 247 g/mol. The molecule has 17 heavy (non-hydrogen) atoms. The number of carboxylic acids is 1. The van der Waals surface area contributed by atoms with E-state index in [-0.39, 0.29) is 5.92 Å². The molecule has 0 spiro atoms. The van der Waals surface area contributed by atoms with Crippen molar-refractivity contribution in [1.82, 2.24) is 10.6 Å². The predicted molar refractivity (Wildman–Crippen MR) is 58.0 cm³/mol. The second kappa shape index (κ2) is 6.69. The van der Waals surface area contributed by atoms with Crippen molar-refractivity contribution >= 4 is 17.9 Å². The van der Waals surface area contributed by atoms with Crippen LogP contribution in [0, 0.1) is 5.92 Å². The standard InChI is InChI=1S/C9H17N3O5/c1-4(2)6(7(10)14)12-9(17)11-5(3-13)8(15)16/h4-6,13H,3H2,1-2H3,(H2,10,14)(H,15,16)(H2,11,12,17). The molecule has 0 aromatic rings. The van der Waals surface area contributed by atoms with Crippen molar-refractivity contribution in [2.24, 2.45) is 11.7 Å². The maximum Gasteiger partial charge on any atom is 0.328 e. The second-order valence-corrected chi connectivity index (χ2v) is 3.82. The van der Waals surface area contributed by atoms with E-state index in [0.717, 1.165) is 0 Å². The fourth-order valence-corrected chi connectivity index (χ4v) is 1.09. The third-order valence-corrected chi connectivity index (χ3v) is 2.05. The van der Waals surface area contributed by atoms with E-state index < -0.39 is 36.6 Å². The minimum absolute atomic E-state index is 0.226. The first-order valence-corrected chi connectivity index (χ1v) is 4.99. The highest BCUT2D eigenvalue weighted by molar-refractivity contribution is 5.88. The molecule has 0 saturated heterocycles. The van der Waals surface area contributed by atoms with E-state index in [2.05, 4.69) is 5.32 Å². The molecule has 8 nitrogen and oxygen atoms in total. The van der Waals surface area contributed by atoms with Gasteiger partial charge >= 0.3 is 12.0 Å². The number of carbonyl (C=O) groups is 3. The van der Waals surface area contributed by atoms with Crippen LogP contribution < -0.4 is 16.4 Å². The van der Waals surface area contributed by atoms with E-state index in [1.54, 1.807) is 13.8 Å². The Morgan fingerprint density at radius 1 is 1.24 bits per heavy atom. The number of primary amides is 1. The summed E-state index contributed by atoms with van der Waals surface area (Å²) in [5.74, 6) is -2.32. The molecule has 0 aliphatic carbocycles. The topological polar surface area (TPSA) is 142 Å². The summed E-state index contributed by atoms with van der Waals surface area (Å²) in [5.41, 5.74) is 5.06. The third-order valence-electron chi connectivity index (χ3n) is 2.05. The van der Waals surface area contributed by atoms with Gasteiger partial charge in [0.2, 0.25) is 5.91 Å². The Hall–Kier alpha value is -1.83. The number of amides is 3. The van der Waals surface area contributed by atoms with E-state index in [0.29, 0.717) is 0 Å². The number of rotatable bonds is 6. The van der Waals surface area contributed by atoms with Crippen LogP contribution in [0.15, 0.2) is 0 Å². The number of aliphatic hydroxyl groups is 1. The van der Waals surface area contributed by atoms with Crippen LogP contribution in [-0.2, 0) is 9.59 Å². The Morgan fingerprint density at radius 3 is 2.06 bits per heavy atom. The lowest BCUT2D eigenvalue weighted by Crippen LogP contribution is -2.55. The summed E-state index contributed by atoms with van der Waals surface area (Å²) in [6, 6.07) is -3.19. The molecule has 0 rings (SSSR count). The number of nitrogens with one attached hydrogen (secondary N) is 2. The number of carboxylic acid groups (broad SMARTS) is 1. The van der Waals surface area contributed by atoms with Crippen molar-refractivity contribution < 1.29 is 24.6 Å². The highest BCUT2D eigenvalue weighted by Gasteiger charge is 2.24. The van der Waals surface area contributed by atoms with Crippen LogP contribution in [0.5, 0.6) is 0 Å². The van der Waals surface area contributed by atoms with E-state index in [1.165, 1.54) is 0 Å². The first-order valence-electron chi connectivity index (χ1n) is 4.99. The Labute approximate surface area is 98.2 Å². The van der Waals surface area contributed by atoms with Crippen LogP contribution in [0.1, 0.15) is 13.8 Å². The highest BCUT2D eigenvalue weighted by Crippen LogP contribution is 2.00. The van der Waals surface area contributed by atoms with Crippen LogP contribution in [-0.4, -0.2) is 46.8 Å². The van der Waals surface area contributed by atoms with Crippen LogP contribution >= 0.6 is 0 Å². The summed E-state index contributed by atoms with van der Waals surface area (Å²) in [5, 5.41) is 21.5. The lowest BCUT2D eigenvalue weighted by molar-refractivity contribution is -0.140. The van der Waals surface area contributed by atoms with Gasteiger partial charge in [0.25, 0.3) is 0 Å². The van der Waals surface area contributed by atoms with Gasteiger partial charge in [-0.3, -0.25) is 4.79 Å². The number of hydrogen-bond acceptors (Lipinski definition) is 4. The van der Waals surface area contributed by atoms with Gasteiger partial charge in [-0.25, -0.2) is 9.59 Å². The second-order valence-electron chi connectivity index (χ2n) is 3.82. The van der Waals surface area contributed by atoms with Crippen molar-refractivity contribution in [1.29, 1.82) is 0 Å². The van der Waals surface area contributed by atoms with Crippen LogP contribution in [0.4, 0.5) is 4.79 Å². The smallest absolute Gasteiger partial charge is 0.328 e. The SMILES string of the molecule is CC(C)C(NC(=O)NC(CO)C(=O)O)C(N)=O. The van der Waals surface area contributed by atoms with Crippen LogP contribution in [0.3, 0.4) is 0 Å². The molecule has 0 aromatic heterocycles. The van der Waals surface area contributed by atoms with Gasteiger partial charge in [0.1, 0.15) is 6.04 Å². The summed E-state index contributed by atoms with van der Waals surface area (Å²) in [6.07, 6.45) is 0. The van der Waals surface area contributed by atoms with Crippen molar-refractivity contribution in [3.8, 4) is 0 Å². The van der Waals surface area contributed by atoms with Crippen LogP contribution in [0.25, 0.3) is 0 Å². The third kappa shape index (κ3) is 5.16. The summed E-state index contributed by atoms with van der Waals surface area (Å²) >= 11 is 0. The Morgan fingerprint density at radius 2 is 1.76 bits per heavy atom. The average molecular weight is 247 g/mol. The predicted octanol–water partition coefficient (Wildman–Crippen LogP) is -1.76. The van der Waals surface area contributed by atoms with Crippen molar-refractivity contribution in [3.05, 3.63) is 0 Å². The van der Waals surface area contributed by atoms with Crippen molar-refractivity contribution in [3.63, 3.8) is 0 Å². The van der Waals surface area contributed by atoms with Crippen molar-refractivity contribution in [2.45, 2.75) is 25.9 Å². The molecule has 2 atom stereocenters. The zero-order valence-corrected chi connectivity index (χ0v) is 9.64. The molecule has 0 heterocycles. The van der Waals surface area contributed by atoms with Gasteiger partial charge in [0.15, 0.2) is 6.04 Å². The van der Waals surface area contributed by atoms with Gasteiger partial charge < -0.3 is 26.6 Å². The maximum atomic E-state index is 11.3. The van der Waals surface area contributed by atoms with Gasteiger partial charge in [-0.1, -0.05) is 13.8 Å². The van der Waals surface area contributed by atoms with Gasteiger partial charge in [-0.2, -0.15) is 0 Å². The number of nitrogens with two attached hydrogens (primary N) is 1. The Balaban J connectivity index is 4.42. The molecule has 0 aliphatic heterocycles. The molecular weight excluding hydrogens is 230 g/mol. The molecule has 98 valence electrons. The van der Waals surface area contributed by atoms with Gasteiger partial charge in [-0.05, 0) is 5.92 Å². The van der Waals surface area contributed by atoms with Gasteiger partial charge in [0, 0.05) is 0 Å². The minimum atomic E-state index is -1.42. The van der Waals surface area contributed by atoms with E-state index in [1.807, 2.05) is 5.32 Å². The average Bonchev–Trinajstić information content (AvgIpc) is 2.21. The molecular formula is C9H17N3O5. The zero-order valence-electron chi connectivity index (χ0n) is 9.64. The molecule has 0 saturated carbocycles. The zero-order chi connectivity index (χ0) is 13.6. The normalized spacial score (nSPS) is 13.9. The summed E-state index contributed by atoms with van der Waals surface area (Å²) in [7, 11) is 0. The van der Waals surface area contributed by atoms with Crippen LogP contribution in [0.2, 0.25) is 0 Å². The van der Waals surface area contributed by atoms with E-state index in [4.69, 9.17) is 15.9 Å². The molecule has 0 fully saturated rings.